The van der Waals surface area contributed by atoms with Crippen LogP contribution in [0.15, 0.2) is 42.7 Å². The van der Waals surface area contributed by atoms with Gasteiger partial charge in [0.1, 0.15) is 11.9 Å². The zero-order chi connectivity index (χ0) is 15.2. The maximum absolute atomic E-state index is 13.1. The number of pyridine rings is 1. The van der Waals surface area contributed by atoms with Gasteiger partial charge in [-0.25, -0.2) is 4.39 Å². The maximum Gasteiger partial charge on any atom is 0.321 e. The molecule has 0 amide bonds. The Kier molecular flexibility index (Phi) is 5.00. The molecule has 2 aromatic rings. The summed E-state index contributed by atoms with van der Waals surface area (Å²) >= 11 is 0. The molecule has 110 valence electrons. The number of hydrogen-bond donors (Lipinski definition) is 2. The Morgan fingerprint density at radius 2 is 2.00 bits per heavy atom. The zero-order valence-corrected chi connectivity index (χ0v) is 11.7. The Balaban J connectivity index is 1.99. The highest BCUT2D eigenvalue weighted by Gasteiger charge is 2.17. The summed E-state index contributed by atoms with van der Waals surface area (Å²) in [5.74, 6) is -1.43. The fourth-order valence-electron chi connectivity index (χ4n) is 2.00. The van der Waals surface area contributed by atoms with Gasteiger partial charge in [-0.1, -0.05) is 29.8 Å². The first kappa shape index (κ1) is 15.1. The molecule has 0 aliphatic rings. The van der Waals surface area contributed by atoms with Crippen molar-refractivity contribution in [3.05, 3.63) is 65.2 Å². The molecular formula is C16H17FN2O2. The second kappa shape index (κ2) is 6.95. The predicted octanol–water partition coefficient (Wildman–Crippen LogP) is 2.31. The van der Waals surface area contributed by atoms with Gasteiger partial charge in [0, 0.05) is 19.2 Å². The average Bonchev–Trinajstić information content (AvgIpc) is 2.45. The highest BCUT2D eigenvalue weighted by atomic mass is 19.1. The molecule has 1 atom stereocenters. The van der Waals surface area contributed by atoms with Crippen LogP contribution in [0.5, 0.6) is 0 Å². The molecule has 0 radical (unpaired) electrons. The first-order valence-corrected chi connectivity index (χ1v) is 6.66. The van der Waals surface area contributed by atoms with Crippen molar-refractivity contribution in [1.82, 2.24) is 10.3 Å². The number of nitrogens with one attached hydrogen (secondary N) is 1. The number of carbonyl (C=O) groups is 1. The van der Waals surface area contributed by atoms with Crippen LogP contribution in [0, 0.1) is 12.7 Å². The molecular weight excluding hydrogens is 271 g/mol. The molecule has 1 unspecified atom stereocenters. The molecule has 0 saturated carbocycles. The molecule has 1 aromatic heterocycles. The number of carboxylic acids is 1. The Morgan fingerprint density at radius 3 is 2.62 bits per heavy atom. The van der Waals surface area contributed by atoms with Gasteiger partial charge < -0.3 is 10.4 Å². The lowest BCUT2D eigenvalue weighted by atomic mass is 10.1. The van der Waals surface area contributed by atoms with Crippen LogP contribution in [0.2, 0.25) is 0 Å². The van der Waals surface area contributed by atoms with Crippen molar-refractivity contribution in [2.24, 2.45) is 0 Å². The van der Waals surface area contributed by atoms with Crippen LogP contribution in [-0.2, 0) is 17.8 Å². The molecule has 0 fully saturated rings. The fraction of sp³-hybridized carbons (Fsp3) is 0.250. The van der Waals surface area contributed by atoms with E-state index in [4.69, 9.17) is 0 Å². The lowest BCUT2D eigenvalue weighted by Gasteiger charge is -2.14. The lowest BCUT2D eigenvalue weighted by Crippen LogP contribution is -2.38. The second-order valence-corrected chi connectivity index (χ2v) is 4.97. The largest absolute Gasteiger partial charge is 0.480 e. The van der Waals surface area contributed by atoms with Crippen molar-refractivity contribution >= 4 is 5.97 Å². The van der Waals surface area contributed by atoms with Gasteiger partial charge in [0.2, 0.25) is 0 Å². The summed E-state index contributed by atoms with van der Waals surface area (Å²) in [6.45, 7) is 2.44. The van der Waals surface area contributed by atoms with Gasteiger partial charge in [0.25, 0.3) is 0 Å². The number of aliphatic carboxylic acids is 1. The number of aryl methyl sites for hydroxylation is 1. The van der Waals surface area contributed by atoms with Crippen molar-refractivity contribution < 1.29 is 14.3 Å². The SMILES string of the molecule is Cc1ccc(CNC(Cc2cncc(F)c2)C(=O)O)cc1. The van der Waals surface area contributed by atoms with Crippen LogP contribution >= 0.6 is 0 Å². The fourth-order valence-corrected chi connectivity index (χ4v) is 2.00. The smallest absolute Gasteiger partial charge is 0.321 e. The number of halogens is 1. The van der Waals surface area contributed by atoms with E-state index < -0.39 is 17.8 Å². The van der Waals surface area contributed by atoms with E-state index in [9.17, 15) is 14.3 Å². The summed E-state index contributed by atoms with van der Waals surface area (Å²) in [4.78, 5) is 15.0. The third-order valence-corrected chi connectivity index (χ3v) is 3.17. The number of carboxylic acid groups (broad SMARTS) is 1. The molecule has 21 heavy (non-hydrogen) atoms. The van der Waals surface area contributed by atoms with Crippen molar-refractivity contribution in [2.75, 3.05) is 0 Å². The summed E-state index contributed by atoms with van der Waals surface area (Å²) in [5.41, 5.74) is 2.71. The Morgan fingerprint density at radius 1 is 1.29 bits per heavy atom. The van der Waals surface area contributed by atoms with E-state index in [2.05, 4.69) is 10.3 Å². The number of rotatable bonds is 6. The highest BCUT2D eigenvalue weighted by molar-refractivity contribution is 5.73. The third kappa shape index (κ3) is 4.65. The molecule has 2 rings (SSSR count). The summed E-state index contributed by atoms with van der Waals surface area (Å²) in [7, 11) is 0. The number of aromatic nitrogens is 1. The normalized spacial score (nSPS) is 12.1. The highest BCUT2D eigenvalue weighted by Crippen LogP contribution is 2.07. The molecule has 0 bridgehead atoms. The Hall–Kier alpha value is -2.27. The van der Waals surface area contributed by atoms with Gasteiger partial charge in [-0.2, -0.15) is 0 Å². The monoisotopic (exact) mass is 288 g/mol. The summed E-state index contributed by atoms with van der Waals surface area (Å²) in [5, 5.41) is 12.2. The zero-order valence-electron chi connectivity index (χ0n) is 11.7. The van der Waals surface area contributed by atoms with Crippen LogP contribution in [0.1, 0.15) is 16.7 Å². The minimum atomic E-state index is -0.966. The van der Waals surface area contributed by atoms with Crippen LogP contribution in [0.3, 0.4) is 0 Å². The molecule has 1 heterocycles. The molecule has 0 aliphatic carbocycles. The van der Waals surface area contributed by atoms with E-state index in [1.165, 1.54) is 12.3 Å². The molecule has 0 aliphatic heterocycles. The van der Waals surface area contributed by atoms with E-state index in [0.29, 0.717) is 12.1 Å². The van der Waals surface area contributed by atoms with Crippen LogP contribution in [0.4, 0.5) is 4.39 Å². The predicted molar refractivity (Wildman–Crippen MR) is 77.3 cm³/mol. The van der Waals surface area contributed by atoms with Crippen molar-refractivity contribution in [2.45, 2.75) is 25.9 Å². The van der Waals surface area contributed by atoms with Crippen molar-refractivity contribution in [1.29, 1.82) is 0 Å². The maximum atomic E-state index is 13.1. The van der Waals surface area contributed by atoms with Crippen molar-refractivity contribution in [3.8, 4) is 0 Å². The lowest BCUT2D eigenvalue weighted by molar-refractivity contribution is -0.139. The number of nitrogens with zero attached hydrogens (tertiary/aromatic N) is 1. The van der Waals surface area contributed by atoms with E-state index in [-0.39, 0.29) is 6.42 Å². The molecule has 5 heteroatoms. The van der Waals surface area contributed by atoms with Gasteiger partial charge in [-0.3, -0.25) is 9.78 Å². The van der Waals surface area contributed by atoms with E-state index in [0.717, 1.165) is 17.3 Å². The molecule has 2 N–H and O–H groups in total. The van der Waals surface area contributed by atoms with Gasteiger partial charge in [-0.15, -0.1) is 0 Å². The quantitative estimate of drug-likeness (QED) is 0.856. The van der Waals surface area contributed by atoms with Crippen molar-refractivity contribution in [3.63, 3.8) is 0 Å². The average molecular weight is 288 g/mol. The van der Waals surface area contributed by atoms with Gasteiger partial charge in [-0.05, 0) is 24.1 Å². The van der Waals surface area contributed by atoms with Gasteiger partial charge >= 0.3 is 5.97 Å². The first-order chi connectivity index (χ1) is 10.0. The number of benzene rings is 1. The molecule has 1 aromatic carbocycles. The minimum Gasteiger partial charge on any atom is -0.480 e. The van der Waals surface area contributed by atoms with Crippen LogP contribution in [0.25, 0.3) is 0 Å². The Bertz CT molecular complexity index is 614. The van der Waals surface area contributed by atoms with Crippen LogP contribution in [-0.4, -0.2) is 22.1 Å². The summed E-state index contributed by atoms with van der Waals surface area (Å²) in [6, 6.07) is 8.37. The molecule has 0 saturated heterocycles. The van der Waals surface area contributed by atoms with E-state index in [1.54, 1.807) is 0 Å². The standard InChI is InChI=1S/C16H17FN2O2/c1-11-2-4-12(5-3-11)9-19-15(16(20)21)7-13-6-14(17)10-18-8-13/h2-6,8,10,15,19H,7,9H2,1H3,(H,20,21). The summed E-state index contributed by atoms with van der Waals surface area (Å²) in [6.07, 6.45) is 2.76. The van der Waals surface area contributed by atoms with E-state index in [1.807, 2.05) is 31.2 Å². The minimum absolute atomic E-state index is 0.186. The van der Waals surface area contributed by atoms with Crippen LogP contribution < -0.4 is 5.32 Å². The first-order valence-electron chi connectivity index (χ1n) is 6.66. The van der Waals surface area contributed by atoms with Gasteiger partial charge in [0.15, 0.2) is 0 Å². The number of hydrogen-bond acceptors (Lipinski definition) is 3. The topological polar surface area (TPSA) is 62.2 Å². The Labute approximate surface area is 122 Å². The molecule has 4 nitrogen and oxygen atoms in total. The summed E-state index contributed by atoms with van der Waals surface area (Å²) < 4.78 is 13.1. The van der Waals surface area contributed by atoms with Gasteiger partial charge in [0.05, 0.1) is 6.20 Å². The second-order valence-electron chi connectivity index (χ2n) is 4.97. The third-order valence-electron chi connectivity index (χ3n) is 3.17. The molecule has 0 spiro atoms. The van der Waals surface area contributed by atoms with E-state index >= 15 is 0 Å².